The van der Waals surface area contributed by atoms with Crippen molar-refractivity contribution in [2.24, 2.45) is 4.40 Å². The minimum atomic E-state index is -3.72. The summed E-state index contributed by atoms with van der Waals surface area (Å²) in [6, 6.07) is 14.0. The van der Waals surface area contributed by atoms with Crippen LogP contribution in [0.2, 0.25) is 5.02 Å². The molecule has 4 rings (SSSR count). The predicted octanol–water partition coefficient (Wildman–Crippen LogP) is 2.32. The maximum Gasteiger partial charge on any atom is 0.285 e. The number of benzene rings is 2. The number of hydrogen-bond donors (Lipinski definition) is 0. The van der Waals surface area contributed by atoms with Crippen LogP contribution in [-0.2, 0) is 19.6 Å². The lowest BCUT2D eigenvalue weighted by Crippen LogP contribution is -2.47. The van der Waals surface area contributed by atoms with Crippen molar-refractivity contribution in [1.29, 1.82) is 0 Å². The Morgan fingerprint density at radius 2 is 1.97 bits per heavy atom. The summed E-state index contributed by atoms with van der Waals surface area (Å²) in [4.78, 5) is 16.4. The zero-order valence-corrected chi connectivity index (χ0v) is 17.4. The molecule has 2 aromatic carbocycles. The van der Waals surface area contributed by atoms with Crippen molar-refractivity contribution in [1.82, 2.24) is 9.80 Å². The number of carbonyl (C=O) groups is 1. The number of amides is 1. The third kappa shape index (κ3) is 4.01. The van der Waals surface area contributed by atoms with E-state index in [0.717, 1.165) is 5.56 Å². The molecule has 9 heteroatoms. The van der Waals surface area contributed by atoms with E-state index in [4.69, 9.17) is 16.3 Å². The molecule has 2 heterocycles. The average Bonchev–Trinajstić information content (AvgIpc) is 3.00. The first-order chi connectivity index (χ1) is 13.8. The Bertz CT molecular complexity index is 1070. The quantitative estimate of drug-likeness (QED) is 0.742. The van der Waals surface area contributed by atoms with Gasteiger partial charge in [-0.05, 0) is 29.8 Å². The fourth-order valence-corrected chi connectivity index (χ4v) is 4.87. The first kappa shape index (κ1) is 19.9. The molecule has 0 aliphatic carbocycles. The van der Waals surface area contributed by atoms with Gasteiger partial charge in [0.1, 0.15) is 11.0 Å². The number of carbonyl (C=O) groups excluding carboxylic acids is 1. The van der Waals surface area contributed by atoms with Crippen molar-refractivity contribution in [3.8, 4) is 0 Å². The molecule has 1 atom stereocenters. The number of fused-ring (bicyclic) bond motifs is 1. The predicted molar refractivity (Wildman–Crippen MR) is 110 cm³/mol. The van der Waals surface area contributed by atoms with Gasteiger partial charge in [0.15, 0.2) is 5.84 Å². The summed E-state index contributed by atoms with van der Waals surface area (Å²) in [6.45, 7) is 1.37. The second-order valence-corrected chi connectivity index (χ2v) is 9.00. The molecule has 152 valence electrons. The summed E-state index contributed by atoms with van der Waals surface area (Å²) in [7, 11) is -2.05. The van der Waals surface area contributed by atoms with Gasteiger partial charge >= 0.3 is 0 Å². The van der Waals surface area contributed by atoms with E-state index in [1.54, 1.807) is 47.2 Å². The van der Waals surface area contributed by atoms with E-state index >= 15 is 0 Å². The summed E-state index contributed by atoms with van der Waals surface area (Å²) >= 11 is 5.94. The largest absolute Gasteiger partial charge is 0.370 e. The highest BCUT2D eigenvalue weighted by Crippen LogP contribution is 2.27. The first-order valence-corrected chi connectivity index (χ1v) is 11.0. The van der Waals surface area contributed by atoms with Crippen molar-refractivity contribution in [2.75, 3.05) is 33.3 Å². The van der Waals surface area contributed by atoms with Crippen LogP contribution in [-0.4, -0.2) is 63.2 Å². The summed E-state index contributed by atoms with van der Waals surface area (Å²) in [5.74, 6) is 0.177. The molecule has 1 amide bonds. The van der Waals surface area contributed by atoms with Crippen molar-refractivity contribution < 1.29 is 17.9 Å². The molecule has 0 bridgehead atoms. The third-order valence-corrected chi connectivity index (χ3v) is 6.58. The van der Waals surface area contributed by atoms with Crippen LogP contribution in [0.5, 0.6) is 0 Å². The van der Waals surface area contributed by atoms with Crippen molar-refractivity contribution in [3.05, 3.63) is 64.7 Å². The van der Waals surface area contributed by atoms with E-state index in [1.165, 1.54) is 6.07 Å². The fraction of sp³-hybridized carbons (Fsp3) is 0.300. The molecule has 0 N–H and O–H groups in total. The lowest BCUT2D eigenvalue weighted by atomic mass is 10.1. The molecule has 2 aliphatic rings. The lowest BCUT2D eigenvalue weighted by Gasteiger charge is -2.34. The minimum Gasteiger partial charge on any atom is -0.370 e. The lowest BCUT2D eigenvalue weighted by molar-refractivity contribution is -0.139. The number of halogens is 1. The summed E-state index contributed by atoms with van der Waals surface area (Å²) in [5, 5.41) is 0.645. The zero-order valence-electron chi connectivity index (χ0n) is 15.8. The Morgan fingerprint density at radius 3 is 2.72 bits per heavy atom. The Hall–Kier alpha value is -2.42. The van der Waals surface area contributed by atoms with Gasteiger partial charge in [0.05, 0.1) is 19.7 Å². The van der Waals surface area contributed by atoms with Crippen LogP contribution in [0.1, 0.15) is 17.2 Å². The van der Waals surface area contributed by atoms with Crippen LogP contribution >= 0.6 is 11.6 Å². The zero-order chi connectivity index (χ0) is 20.6. The van der Waals surface area contributed by atoms with Crippen molar-refractivity contribution in [2.45, 2.75) is 11.0 Å². The van der Waals surface area contributed by atoms with Crippen LogP contribution in [0.15, 0.2) is 57.8 Å². The van der Waals surface area contributed by atoms with E-state index < -0.39 is 10.0 Å². The van der Waals surface area contributed by atoms with Crippen LogP contribution in [0.3, 0.4) is 0 Å². The van der Waals surface area contributed by atoms with Gasteiger partial charge in [-0.25, -0.2) is 0 Å². The molecule has 0 radical (unpaired) electrons. The van der Waals surface area contributed by atoms with Gasteiger partial charge in [-0.3, -0.25) is 4.79 Å². The van der Waals surface area contributed by atoms with E-state index in [1.807, 2.05) is 12.1 Å². The Morgan fingerprint density at radius 1 is 1.24 bits per heavy atom. The Balaban J connectivity index is 1.46. The Labute approximate surface area is 174 Å². The number of hydrogen-bond acceptors (Lipinski definition) is 5. The molecule has 29 heavy (non-hydrogen) atoms. The third-order valence-electron chi connectivity index (χ3n) is 5.01. The molecule has 1 saturated heterocycles. The van der Waals surface area contributed by atoms with E-state index in [-0.39, 0.29) is 29.3 Å². The van der Waals surface area contributed by atoms with Gasteiger partial charge in [-0.2, -0.15) is 8.42 Å². The molecule has 0 spiro atoms. The van der Waals surface area contributed by atoms with Gasteiger partial charge in [-0.1, -0.05) is 35.9 Å². The normalized spacial score (nSPS) is 20.1. The van der Waals surface area contributed by atoms with Crippen LogP contribution in [0.4, 0.5) is 0 Å². The molecule has 2 aliphatic heterocycles. The maximum atomic E-state index is 12.9. The number of rotatable bonds is 3. The number of amidine groups is 1. The van der Waals surface area contributed by atoms with Crippen LogP contribution < -0.4 is 0 Å². The fourth-order valence-electron chi connectivity index (χ4n) is 3.50. The second kappa shape index (κ2) is 7.78. The molecular formula is C20H20ClN3O4S. The van der Waals surface area contributed by atoms with Gasteiger partial charge in [0.25, 0.3) is 10.0 Å². The molecule has 0 aromatic heterocycles. The minimum absolute atomic E-state index is 0.0238. The number of sulfonamides is 1. The molecule has 1 unspecified atom stereocenters. The SMILES string of the molecule is CN(CC(=O)N1CCOC(c2ccc(Cl)cc2)C1)C1=NS(=O)(=O)c2ccccc21. The van der Waals surface area contributed by atoms with E-state index in [0.29, 0.717) is 30.3 Å². The first-order valence-electron chi connectivity index (χ1n) is 9.15. The van der Waals surface area contributed by atoms with E-state index in [2.05, 4.69) is 4.40 Å². The number of nitrogens with zero attached hydrogens (tertiary/aromatic N) is 3. The standard InChI is InChI=1S/C20H20ClN3O4S/c1-23(20-16-4-2-3-5-18(16)29(26,27)22-20)13-19(25)24-10-11-28-17(12-24)14-6-8-15(21)9-7-14/h2-9,17H,10-13H2,1H3. The topological polar surface area (TPSA) is 79.3 Å². The highest BCUT2D eigenvalue weighted by atomic mass is 35.5. The number of morpholine rings is 1. The van der Waals surface area contributed by atoms with Crippen LogP contribution in [0, 0.1) is 0 Å². The van der Waals surface area contributed by atoms with Gasteiger partial charge < -0.3 is 14.5 Å². The average molecular weight is 434 g/mol. The molecule has 0 saturated carbocycles. The van der Waals surface area contributed by atoms with Gasteiger partial charge in [0.2, 0.25) is 5.91 Å². The Kier molecular flexibility index (Phi) is 5.33. The molecule has 2 aromatic rings. The highest BCUT2D eigenvalue weighted by molar-refractivity contribution is 7.90. The monoisotopic (exact) mass is 433 g/mol. The van der Waals surface area contributed by atoms with Gasteiger partial charge in [0, 0.05) is 24.2 Å². The number of ether oxygens (including phenoxy) is 1. The van der Waals surface area contributed by atoms with E-state index in [9.17, 15) is 13.2 Å². The second-order valence-electron chi connectivity index (χ2n) is 6.99. The van der Waals surface area contributed by atoms with Gasteiger partial charge in [-0.15, -0.1) is 4.40 Å². The van der Waals surface area contributed by atoms with Crippen molar-refractivity contribution >= 4 is 33.4 Å². The number of likely N-dealkylation sites (N-methyl/N-ethyl adjacent to an activating group) is 1. The van der Waals surface area contributed by atoms with Crippen LogP contribution in [0.25, 0.3) is 0 Å². The molecule has 7 nitrogen and oxygen atoms in total. The molecule has 1 fully saturated rings. The summed E-state index contributed by atoms with van der Waals surface area (Å²) in [5.41, 5.74) is 1.48. The molecular weight excluding hydrogens is 414 g/mol. The summed E-state index contributed by atoms with van der Waals surface area (Å²) in [6.07, 6.45) is -0.222. The highest BCUT2D eigenvalue weighted by Gasteiger charge is 2.32. The maximum absolute atomic E-state index is 12.9. The van der Waals surface area contributed by atoms with Crippen molar-refractivity contribution in [3.63, 3.8) is 0 Å². The smallest absolute Gasteiger partial charge is 0.285 e. The summed E-state index contributed by atoms with van der Waals surface area (Å²) < 4.78 is 34.2.